The van der Waals surface area contributed by atoms with Crippen LogP contribution in [0.2, 0.25) is 0 Å². The van der Waals surface area contributed by atoms with Crippen LogP contribution in [0.3, 0.4) is 0 Å². The van der Waals surface area contributed by atoms with Crippen LogP contribution >= 0.6 is 0 Å². The maximum absolute atomic E-state index is 12.5. The maximum atomic E-state index is 12.5. The van der Waals surface area contributed by atoms with E-state index in [2.05, 4.69) is 20.8 Å². The van der Waals surface area contributed by atoms with Gasteiger partial charge in [0.05, 0.1) is 0 Å². The first-order valence-corrected chi connectivity index (χ1v) is 9.13. The summed E-state index contributed by atoms with van der Waals surface area (Å²) >= 11 is 0. The Labute approximate surface area is 151 Å². The largest absolute Gasteiger partial charge is 0.459 e. The maximum Gasteiger partial charge on any atom is 0.331 e. The molecule has 0 aliphatic heterocycles. The van der Waals surface area contributed by atoms with Gasteiger partial charge in [0, 0.05) is 6.08 Å². The fraction of sp³-hybridized carbons (Fsp3) is 0.348. The molecule has 0 aliphatic rings. The lowest BCUT2D eigenvalue weighted by Gasteiger charge is -2.17. The quantitative estimate of drug-likeness (QED) is 0.445. The number of benzene rings is 2. The summed E-state index contributed by atoms with van der Waals surface area (Å²) in [6, 6.07) is 19.9. The Hall–Kier alpha value is -2.35. The minimum atomic E-state index is -0.265. The Bertz CT molecular complexity index is 630. The number of ether oxygens (including phenoxy) is 1. The molecule has 0 aliphatic carbocycles. The minimum absolute atomic E-state index is 0.0149. The highest BCUT2D eigenvalue weighted by atomic mass is 16.5. The molecule has 1 unspecified atom stereocenters. The Kier molecular flexibility index (Phi) is 7.46. The van der Waals surface area contributed by atoms with Gasteiger partial charge in [0.15, 0.2) is 0 Å². The Morgan fingerprint density at radius 3 is 1.88 bits per heavy atom. The summed E-state index contributed by atoms with van der Waals surface area (Å²) in [5, 5.41) is 0. The van der Waals surface area contributed by atoms with Crippen molar-refractivity contribution in [2.75, 3.05) is 0 Å². The molecule has 0 amide bonds. The lowest BCUT2D eigenvalue weighted by atomic mass is 9.97. The van der Waals surface area contributed by atoms with E-state index >= 15 is 0 Å². The summed E-state index contributed by atoms with van der Waals surface area (Å²) in [6.45, 7) is 6.45. The van der Waals surface area contributed by atoms with Crippen LogP contribution in [0.15, 0.2) is 66.7 Å². The average Bonchev–Trinajstić information content (AvgIpc) is 2.64. The van der Waals surface area contributed by atoms with E-state index in [1.54, 1.807) is 6.08 Å². The first kappa shape index (κ1) is 19.0. The van der Waals surface area contributed by atoms with E-state index in [1.165, 1.54) is 0 Å². The van der Waals surface area contributed by atoms with Gasteiger partial charge in [-0.1, -0.05) is 81.4 Å². The predicted molar refractivity (Wildman–Crippen MR) is 104 cm³/mol. The Balaban J connectivity index is 2.20. The second-order valence-electron chi connectivity index (χ2n) is 6.73. The monoisotopic (exact) mass is 336 g/mol. The third-order valence-electron chi connectivity index (χ3n) is 4.24. The van der Waals surface area contributed by atoms with E-state index in [4.69, 9.17) is 4.74 Å². The summed E-state index contributed by atoms with van der Waals surface area (Å²) in [5.74, 6) is 0.353. The zero-order valence-electron chi connectivity index (χ0n) is 15.4. The molecule has 2 nitrogen and oxygen atoms in total. The molecular weight excluding hydrogens is 308 g/mol. The molecule has 0 N–H and O–H groups in total. The molecule has 0 saturated heterocycles. The third-order valence-corrected chi connectivity index (χ3v) is 4.24. The number of esters is 1. The standard InChI is InChI=1S/C23H28O2/c1-4-21(16-15-18(2)3)25-23(24)17-22(19-11-7-5-8-12-19)20-13-9-6-10-14-20/h5-14,17-18,21H,4,15-16H2,1-3H3. The highest BCUT2D eigenvalue weighted by molar-refractivity contribution is 5.96. The zero-order chi connectivity index (χ0) is 18.1. The van der Waals surface area contributed by atoms with Crippen molar-refractivity contribution in [1.82, 2.24) is 0 Å². The van der Waals surface area contributed by atoms with Gasteiger partial charge in [-0.05, 0) is 41.9 Å². The molecule has 0 bridgehead atoms. The Morgan fingerprint density at radius 2 is 1.44 bits per heavy atom. The smallest absolute Gasteiger partial charge is 0.331 e. The summed E-state index contributed by atoms with van der Waals surface area (Å²) in [5.41, 5.74) is 2.92. The predicted octanol–water partition coefficient (Wildman–Crippen LogP) is 5.88. The van der Waals surface area contributed by atoms with Crippen LogP contribution in [-0.2, 0) is 9.53 Å². The van der Waals surface area contributed by atoms with E-state index in [0.717, 1.165) is 36.0 Å². The van der Waals surface area contributed by atoms with Crippen molar-refractivity contribution >= 4 is 11.5 Å². The molecule has 0 aromatic heterocycles. The van der Waals surface area contributed by atoms with Crippen molar-refractivity contribution < 1.29 is 9.53 Å². The lowest BCUT2D eigenvalue weighted by Crippen LogP contribution is -2.17. The molecule has 2 rings (SSSR count). The fourth-order valence-corrected chi connectivity index (χ4v) is 2.75. The third kappa shape index (κ3) is 6.22. The number of rotatable bonds is 8. The van der Waals surface area contributed by atoms with E-state index in [0.29, 0.717) is 5.92 Å². The number of hydrogen-bond acceptors (Lipinski definition) is 2. The number of hydrogen-bond donors (Lipinski definition) is 0. The van der Waals surface area contributed by atoms with E-state index in [-0.39, 0.29) is 12.1 Å². The van der Waals surface area contributed by atoms with E-state index in [1.807, 2.05) is 60.7 Å². The number of carbonyl (C=O) groups is 1. The molecular formula is C23H28O2. The molecule has 2 aromatic carbocycles. The molecule has 0 spiro atoms. The second kappa shape index (κ2) is 9.83. The van der Waals surface area contributed by atoms with E-state index < -0.39 is 0 Å². The molecule has 25 heavy (non-hydrogen) atoms. The summed E-state index contributed by atoms with van der Waals surface area (Å²) < 4.78 is 5.71. The normalized spacial score (nSPS) is 11.8. The van der Waals surface area contributed by atoms with Gasteiger partial charge >= 0.3 is 5.97 Å². The molecule has 2 aromatic rings. The van der Waals surface area contributed by atoms with Crippen molar-refractivity contribution in [3.63, 3.8) is 0 Å². The average molecular weight is 336 g/mol. The topological polar surface area (TPSA) is 26.3 Å². The van der Waals surface area contributed by atoms with Gasteiger partial charge in [-0.2, -0.15) is 0 Å². The van der Waals surface area contributed by atoms with Gasteiger partial charge in [-0.3, -0.25) is 0 Å². The lowest BCUT2D eigenvalue weighted by molar-refractivity contribution is -0.143. The molecule has 1 atom stereocenters. The summed E-state index contributed by atoms with van der Waals surface area (Å²) in [6.07, 6.45) is 4.44. The van der Waals surface area contributed by atoms with Crippen molar-refractivity contribution in [3.8, 4) is 0 Å². The first-order chi connectivity index (χ1) is 12.1. The van der Waals surface area contributed by atoms with Crippen molar-refractivity contribution in [2.45, 2.75) is 46.1 Å². The van der Waals surface area contributed by atoms with Gasteiger partial charge in [0.2, 0.25) is 0 Å². The number of carbonyl (C=O) groups excluding carboxylic acids is 1. The first-order valence-electron chi connectivity index (χ1n) is 9.13. The van der Waals surface area contributed by atoms with Crippen LogP contribution in [0.1, 0.15) is 51.2 Å². The SMILES string of the molecule is CCC(CCC(C)C)OC(=O)C=C(c1ccccc1)c1ccccc1. The summed E-state index contributed by atoms with van der Waals surface area (Å²) in [4.78, 5) is 12.5. The van der Waals surface area contributed by atoms with Crippen LogP contribution in [-0.4, -0.2) is 12.1 Å². The second-order valence-corrected chi connectivity index (χ2v) is 6.73. The van der Waals surface area contributed by atoms with Gasteiger partial charge < -0.3 is 4.74 Å². The molecule has 0 fully saturated rings. The van der Waals surface area contributed by atoms with Crippen LogP contribution in [0.5, 0.6) is 0 Å². The van der Waals surface area contributed by atoms with Gasteiger partial charge in [-0.15, -0.1) is 0 Å². The van der Waals surface area contributed by atoms with Crippen molar-refractivity contribution in [2.24, 2.45) is 5.92 Å². The van der Waals surface area contributed by atoms with Crippen molar-refractivity contribution in [1.29, 1.82) is 0 Å². The van der Waals surface area contributed by atoms with E-state index in [9.17, 15) is 4.79 Å². The fourth-order valence-electron chi connectivity index (χ4n) is 2.75. The van der Waals surface area contributed by atoms with Gasteiger partial charge in [-0.25, -0.2) is 4.79 Å². The van der Waals surface area contributed by atoms with Gasteiger partial charge in [0.1, 0.15) is 6.10 Å². The van der Waals surface area contributed by atoms with Crippen molar-refractivity contribution in [3.05, 3.63) is 77.9 Å². The van der Waals surface area contributed by atoms with Gasteiger partial charge in [0.25, 0.3) is 0 Å². The molecule has 0 saturated carbocycles. The van der Waals surface area contributed by atoms with Crippen LogP contribution in [0.25, 0.3) is 5.57 Å². The molecule has 2 heteroatoms. The highest BCUT2D eigenvalue weighted by Gasteiger charge is 2.14. The minimum Gasteiger partial charge on any atom is -0.459 e. The molecule has 132 valence electrons. The van der Waals surface area contributed by atoms with Crippen LogP contribution < -0.4 is 0 Å². The molecule has 0 heterocycles. The van der Waals surface area contributed by atoms with Crippen LogP contribution in [0, 0.1) is 5.92 Å². The van der Waals surface area contributed by atoms with Crippen LogP contribution in [0.4, 0.5) is 0 Å². The Morgan fingerprint density at radius 1 is 0.920 bits per heavy atom. The zero-order valence-corrected chi connectivity index (χ0v) is 15.4. The highest BCUT2D eigenvalue weighted by Crippen LogP contribution is 2.23. The molecule has 0 radical (unpaired) electrons. The summed E-state index contributed by atoms with van der Waals surface area (Å²) in [7, 11) is 0.